The van der Waals surface area contributed by atoms with Crippen LogP contribution in [0.4, 0.5) is 11.5 Å². The first kappa shape index (κ1) is 17.9. The summed E-state index contributed by atoms with van der Waals surface area (Å²) in [6.45, 7) is 0. The van der Waals surface area contributed by atoms with E-state index in [0.717, 1.165) is 0 Å². The average Bonchev–Trinajstić information content (AvgIpc) is 3.08. The second kappa shape index (κ2) is 7.96. The number of rotatable bonds is 4. The lowest BCUT2D eigenvalue weighted by molar-refractivity contribution is 0.102. The molecular weight excluding hydrogens is 381 g/mol. The number of carbonyl (C=O) groups excluding carboxylic acids is 1. The summed E-state index contributed by atoms with van der Waals surface area (Å²) in [5, 5.41) is 20.2. The maximum Gasteiger partial charge on any atom is 0.256 e. The fourth-order valence-electron chi connectivity index (χ4n) is 2.01. The van der Waals surface area contributed by atoms with Gasteiger partial charge in [-0.15, -0.1) is 0 Å². The highest BCUT2D eigenvalue weighted by atomic mass is 35.5. The third-order valence-corrected chi connectivity index (χ3v) is 3.69. The van der Waals surface area contributed by atoms with Crippen LogP contribution in [0.15, 0.2) is 58.2 Å². The van der Waals surface area contributed by atoms with Crippen LogP contribution in [-0.4, -0.2) is 27.3 Å². The number of hydroxylamine groups is 1. The molecule has 0 spiro atoms. The van der Waals surface area contributed by atoms with Crippen LogP contribution in [0.2, 0.25) is 10.0 Å². The molecule has 3 aromatic rings. The van der Waals surface area contributed by atoms with Crippen LogP contribution in [0.3, 0.4) is 0 Å². The van der Waals surface area contributed by atoms with E-state index in [1.54, 1.807) is 48.5 Å². The molecule has 10 heteroatoms. The van der Waals surface area contributed by atoms with E-state index in [2.05, 4.69) is 25.3 Å². The maximum atomic E-state index is 12.3. The first-order valence-electron chi connectivity index (χ1n) is 7.21. The first-order valence-corrected chi connectivity index (χ1v) is 7.96. The second-order valence-electron chi connectivity index (χ2n) is 4.97. The molecule has 8 nitrogen and oxygen atoms in total. The Morgan fingerprint density at radius 2 is 1.85 bits per heavy atom. The van der Waals surface area contributed by atoms with E-state index in [1.807, 2.05) is 5.48 Å². The predicted octanol–water partition coefficient (Wildman–Crippen LogP) is 3.69. The molecule has 132 valence electrons. The summed E-state index contributed by atoms with van der Waals surface area (Å²) in [7, 11) is 0. The van der Waals surface area contributed by atoms with Crippen LogP contribution in [0, 0.1) is 0 Å². The van der Waals surface area contributed by atoms with Crippen LogP contribution in [0.25, 0.3) is 0 Å². The smallest absolute Gasteiger partial charge is 0.256 e. The number of aromatic nitrogens is 2. The molecule has 0 aliphatic rings. The van der Waals surface area contributed by atoms with Crippen molar-refractivity contribution in [1.82, 2.24) is 15.8 Å². The summed E-state index contributed by atoms with van der Waals surface area (Å²) in [4.78, 5) is 16.5. The third-order valence-electron chi connectivity index (χ3n) is 3.21. The fourth-order valence-corrected chi connectivity index (χ4v) is 2.32. The molecule has 1 aromatic heterocycles. The minimum Gasteiger partial charge on any atom is -0.302 e. The molecule has 0 aliphatic heterocycles. The number of carbonyl (C=O) groups is 1. The lowest BCUT2D eigenvalue weighted by atomic mass is 10.2. The van der Waals surface area contributed by atoms with Crippen LogP contribution >= 0.6 is 23.2 Å². The lowest BCUT2D eigenvalue weighted by Crippen LogP contribution is -2.23. The molecule has 0 saturated heterocycles. The number of anilines is 1. The predicted molar refractivity (Wildman–Crippen MR) is 96.3 cm³/mol. The maximum absolute atomic E-state index is 12.3. The van der Waals surface area contributed by atoms with Gasteiger partial charge >= 0.3 is 0 Å². The van der Waals surface area contributed by atoms with Crippen molar-refractivity contribution in [2.24, 2.45) is 4.99 Å². The molecule has 3 N–H and O–H groups in total. The summed E-state index contributed by atoms with van der Waals surface area (Å²) >= 11 is 11.7. The molecule has 1 heterocycles. The molecule has 0 radical (unpaired) electrons. The van der Waals surface area contributed by atoms with E-state index >= 15 is 0 Å². The zero-order valence-electron chi connectivity index (χ0n) is 13.0. The topological polar surface area (TPSA) is 113 Å². The Bertz CT molecular complexity index is 957. The molecule has 0 unspecified atom stereocenters. The summed E-state index contributed by atoms with van der Waals surface area (Å²) < 4.78 is 4.65. The number of benzene rings is 2. The standard InChI is InChI=1S/C16H11Cl2N5O3/c17-10-6-4-9(5-7-10)16(24)20-15-13(22-26-23-15)14(21-25)19-12-3-1-2-11(18)8-12/h1-8,25H,(H,19,21)(H,20,23,24). The van der Waals surface area contributed by atoms with Gasteiger partial charge in [0.05, 0.1) is 5.69 Å². The Balaban J connectivity index is 1.86. The third kappa shape index (κ3) is 4.17. The molecule has 3 rings (SSSR count). The molecule has 0 aliphatic carbocycles. The Kier molecular flexibility index (Phi) is 5.47. The summed E-state index contributed by atoms with van der Waals surface area (Å²) in [5.74, 6) is -0.564. The average molecular weight is 392 g/mol. The van der Waals surface area contributed by atoms with E-state index in [0.29, 0.717) is 21.3 Å². The number of hydrogen-bond donors (Lipinski definition) is 3. The minimum atomic E-state index is -0.460. The van der Waals surface area contributed by atoms with E-state index < -0.39 is 5.91 Å². The SMILES string of the molecule is O=C(Nc1nonc1C(=Nc1cccc(Cl)c1)NO)c1ccc(Cl)cc1. The number of nitrogens with zero attached hydrogens (tertiary/aromatic N) is 3. The Morgan fingerprint density at radius 1 is 1.08 bits per heavy atom. The zero-order chi connectivity index (χ0) is 18.5. The number of aliphatic imine (C=N–C) groups is 1. The number of nitrogens with one attached hydrogen (secondary N) is 2. The number of hydrogen-bond acceptors (Lipinski definition) is 6. The van der Waals surface area contributed by atoms with Crippen molar-refractivity contribution in [3.8, 4) is 0 Å². The zero-order valence-corrected chi connectivity index (χ0v) is 14.5. The number of amides is 1. The summed E-state index contributed by atoms with van der Waals surface area (Å²) in [5.41, 5.74) is 2.72. The summed E-state index contributed by atoms with van der Waals surface area (Å²) in [6.07, 6.45) is 0. The Morgan fingerprint density at radius 3 is 2.54 bits per heavy atom. The minimum absolute atomic E-state index is 0.00906. The highest BCUT2D eigenvalue weighted by Crippen LogP contribution is 2.20. The first-order chi connectivity index (χ1) is 12.6. The van der Waals surface area contributed by atoms with Gasteiger partial charge in [-0.05, 0) is 52.8 Å². The van der Waals surface area contributed by atoms with Crippen LogP contribution in [-0.2, 0) is 0 Å². The monoisotopic (exact) mass is 391 g/mol. The Hall–Kier alpha value is -2.94. The van der Waals surface area contributed by atoms with Crippen LogP contribution in [0.1, 0.15) is 16.1 Å². The number of halogens is 2. The van der Waals surface area contributed by atoms with Gasteiger partial charge in [0.2, 0.25) is 5.82 Å². The molecule has 0 atom stereocenters. The molecule has 0 bridgehead atoms. The highest BCUT2D eigenvalue weighted by Gasteiger charge is 2.19. The van der Waals surface area contributed by atoms with Gasteiger partial charge in [0.15, 0.2) is 11.5 Å². The van der Waals surface area contributed by atoms with Gasteiger partial charge in [-0.1, -0.05) is 29.3 Å². The van der Waals surface area contributed by atoms with Crippen LogP contribution < -0.4 is 10.8 Å². The molecule has 26 heavy (non-hydrogen) atoms. The normalized spacial score (nSPS) is 11.3. The van der Waals surface area contributed by atoms with Gasteiger partial charge in [0.1, 0.15) is 0 Å². The van der Waals surface area contributed by atoms with Crippen molar-refractivity contribution < 1.29 is 14.6 Å². The van der Waals surface area contributed by atoms with Crippen molar-refractivity contribution in [3.05, 3.63) is 69.8 Å². The van der Waals surface area contributed by atoms with Gasteiger partial charge < -0.3 is 5.32 Å². The van der Waals surface area contributed by atoms with Gasteiger partial charge in [-0.2, -0.15) is 0 Å². The van der Waals surface area contributed by atoms with Crippen molar-refractivity contribution in [2.45, 2.75) is 0 Å². The molecule has 0 fully saturated rings. The molecule has 1 amide bonds. The van der Waals surface area contributed by atoms with Crippen molar-refractivity contribution in [1.29, 1.82) is 0 Å². The second-order valence-corrected chi connectivity index (χ2v) is 5.85. The van der Waals surface area contributed by atoms with E-state index in [9.17, 15) is 10.0 Å². The van der Waals surface area contributed by atoms with Gasteiger partial charge in [-0.3, -0.25) is 15.5 Å². The van der Waals surface area contributed by atoms with Crippen molar-refractivity contribution >= 4 is 46.4 Å². The van der Waals surface area contributed by atoms with E-state index in [4.69, 9.17) is 23.2 Å². The highest BCUT2D eigenvalue weighted by molar-refractivity contribution is 6.31. The molecule has 0 saturated carbocycles. The van der Waals surface area contributed by atoms with E-state index in [1.165, 1.54) is 0 Å². The van der Waals surface area contributed by atoms with E-state index in [-0.39, 0.29) is 17.3 Å². The van der Waals surface area contributed by atoms with Crippen molar-refractivity contribution in [3.63, 3.8) is 0 Å². The lowest BCUT2D eigenvalue weighted by Gasteiger charge is -2.05. The summed E-state index contributed by atoms with van der Waals surface area (Å²) in [6, 6.07) is 12.9. The van der Waals surface area contributed by atoms with Crippen LogP contribution in [0.5, 0.6) is 0 Å². The molecular formula is C16H11Cl2N5O3. The van der Waals surface area contributed by atoms with Gasteiger partial charge in [-0.25, -0.2) is 9.62 Å². The largest absolute Gasteiger partial charge is 0.302 e. The fraction of sp³-hybridized carbons (Fsp3) is 0. The quantitative estimate of drug-likeness (QED) is 0.355. The number of amidine groups is 1. The van der Waals surface area contributed by atoms with Gasteiger partial charge in [0.25, 0.3) is 5.91 Å². The molecule has 2 aromatic carbocycles. The Labute approximate surface area is 157 Å². The van der Waals surface area contributed by atoms with Gasteiger partial charge in [0, 0.05) is 15.6 Å². The van der Waals surface area contributed by atoms with Crippen molar-refractivity contribution in [2.75, 3.05) is 5.32 Å².